The number of anilines is 2. The summed E-state index contributed by atoms with van der Waals surface area (Å²) in [5.41, 5.74) is 5.17. The van der Waals surface area contributed by atoms with Gasteiger partial charge in [-0.2, -0.15) is 13.2 Å². The van der Waals surface area contributed by atoms with E-state index < -0.39 is 5.51 Å². The van der Waals surface area contributed by atoms with Crippen LogP contribution in [0.2, 0.25) is 0 Å². The third-order valence-electron chi connectivity index (χ3n) is 2.22. The van der Waals surface area contributed by atoms with Crippen molar-refractivity contribution in [2.45, 2.75) is 5.51 Å². The summed E-state index contributed by atoms with van der Waals surface area (Å²) in [4.78, 5) is 4.11. The Morgan fingerprint density at radius 3 is 2.89 bits per heavy atom. The predicted octanol–water partition coefficient (Wildman–Crippen LogP) is 3.54. The van der Waals surface area contributed by atoms with Gasteiger partial charge in [0, 0.05) is 12.3 Å². The van der Waals surface area contributed by atoms with Gasteiger partial charge in [-0.05, 0) is 23.9 Å². The van der Waals surface area contributed by atoms with E-state index in [1.54, 1.807) is 11.6 Å². The van der Waals surface area contributed by atoms with E-state index in [2.05, 4.69) is 10.3 Å². The molecule has 0 aliphatic carbocycles. The number of nitrogens with one attached hydrogen (secondary N) is 1. The Bertz CT molecular complexity index is 539. The minimum absolute atomic E-state index is 0.0529. The minimum Gasteiger partial charge on any atom is -0.395 e. The zero-order valence-electron chi connectivity index (χ0n) is 9.12. The molecular formula is C10H10F3N3S2. The quantitative estimate of drug-likeness (QED) is 0.668. The molecule has 98 valence electrons. The van der Waals surface area contributed by atoms with E-state index in [-0.39, 0.29) is 24.1 Å². The fourth-order valence-corrected chi connectivity index (χ4v) is 2.59. The van der Waals surface area contributed by atoms with Gasteiger partial charge in [-0.15, -0.1) is 11.3 Å². The average Bonchev–Trinajstić information content (AvgIpc) is 2.74. The molecule has 0 atom stereocenters. The van der Waals surface area contributed by atoms with Crippen molar-refractivity contribution in [2.24, 2.45) is 0 Å². The van der Waals surface area contributed by atoms with Gasteiger partial charge in [-0.1, -0.05) is 0 Å². The first-order chi connectivity index (χ1) is 8.47. The van der Waals surface area contributed by atoms with Gasteiger partial charge in [-0.3, -0.25) is 0 Å². The normalized spacial score (nSPS) is 11.9. The van der Waals surface area contributed by atoms with Crippen LogP contribution in [0, 0.1) is 0 Å². The molecule has 2 rings (SSSR count). The van der Waals surface area contributed by atoms with Gasteiger partial charge in [0.05, 0.1) is 21.6 Å². The van der Waals surface area contributed by atoms with E-state index in [0.717, 1.165) is 4.70 Å². The number of hydrogen-bond donors (Lipinski definition) is 2. The number of nitrogens with zero attached hydrogens (tertiary/aromatic N) is 1. The summed E-state index contributed by atoms with van der Waals surface area (Å²) < 4.78 is 36.7. The Kier molecular flexibility index (Phi) is 3.86. The van der Waals surface area contributed by atoms with Gasteiger partial charge >= 0.3 is 5.51 Å². The first kappa shape index (κ1) is 13.3. The van der Waals surface area contributed by atoms with E-state index in [9.17, 15) is 13.2 Å². The van der Waals surface area contributed by atoms with Crippen molar-refractivity contribution in [1.82, 2.24) is 4.98 Å². The van der Waals surface area contributed by atoms with Gasteiger partial charge in [0.2, 0.25) is 0 Å². The second-order valence-corrected chi connectivity index (χ2v) is 5.49. The number of benzene rings is 1. The summed E-state index contributed by atoms with van der Waals surface area (Å²) in [6.45, 7) is 0.198. The van der Waals surface area contributed by atoms with Crippen LogP contribution in [0.5, 0.6) is 0 Å². The Hall–Kier alpha value is -1.15. The van der Waals surface area contributed by atoms with Crippen molar-refractivity contribution in [3.63, 3.8) is 0 Å². The summed E-state index contributed by atoms with van der Waals surface area (Å²) in [5, 5.41) is 2.89. The molecule has 0 saturated carbocycles. The van der Waals surface area contributed by atoms with Gasteiger partial charge in [0.1, 0.15) is 5.52 Å². The highest BCUT2D eigenvalue weighted by atomic mass is 32.2. The third-order valence-corrected chi connectivity index (χ3v) is 3.75. The van der Waals surface area contributed by atoms with E-state index in [4.69, 9.17) is 5.73 Å². The molecule has 0 spiro atoms. The Labute approximate surface area is 110 Å². The predicted molar refractivity (Wildman–Crippen MR) is 71.0 cm³/mol. The molecule has 0 aliphatic rings. The molecule has 0 unspecified atom stereocenters. The SMILES string of the molecule is Nc1c(NCCSC(F)(F)F)ccc2scnc12. The highest BCUT2D eigenvalue weighted by Gasteiger charge is 2.27. The number of halogens is 3. The van der Waals surface area contributed by atoms with Crippen LogP contribution in [0.3, 0.4) is 0 Å². The third kappa shape index (κ3) is 3.20. The molecule has 0 aliphatic heterocycles. The second kappa shape index (κ2) is 5.23. The second-order valence-electron chi connectivity index (χ2n) is 3.45. The van der Waals surface area contributed by atoms with Crippen molar-refractivity contribution in [2.75, 3.05) is 23.3 Å². The largest absolute Gasteiger partial charge is 0.441 e. The first-order valence-corrected chi connectivity index (χ1v) is 6.90. The van der Waals surface area contributed by atoms with Gasteiger partial charge in [0.25, 0.3) is 0 Å². The van der Waals surface area contributed by atoms with Crippen LogP contribution in [0.4, 0.5) is 24.5 Å². The molecule has 3 nitrogen and oxygen atoms in total. The molecule has 0 bridgehead atoms. The maximum Gasteiger partial charge on any atom is 0.441 e. The highest BCUT2D eigenvalue weighted by molar-refractivity contribution is 8.00. The van der Waals surface area contributed by atoms with Crippen molar-refractivity contribution < 1.29 is 13.2 Å². The van der Waals surface area contributed by atoms with E-state index in [1.165, 1.54) is 11.3 Å². The van der Waals surface area contributed by atoms with E-state index in [0.29, 0.717) is 16.9 Å². The summed E-state index contributed by atoms with van der Waals surface area (Å²) in [7, 11) is 0. The van der Waals surface area contributed by atoms with Crippen LogP contribution < -0.4 is 11.1 Å². The molecule has 0 fully saturated rings. The number of fused-ring (bicyclic) bond motifs is 1. The number of nitrogen functional groups attached to an aromatic ring is 1. The van der Waals surface area contributed by atoms with Crippen molar-refractivity contribution in [3.05, 3.63) is 17.6 Å². The number of thiazole rings is 1. The number of nitrogens with two attached hydrogens (primary N) is 1. The van der Waals surface area contributed by atoms with E-state index >= 15 is 0 Å². The minimum atomic E-state index is -4.19. The number of alkyl halides is 3. The highest BCUT2D eigenvalue weighted by Crippen LogP contribution is 2.31. The van der Waals surface area contributed by atoms with Crippen molar-refractivity contribution in [3.8, 4) is 0 Å². The number of rotatable bonds is 4. The molecule has 0 saturated heterocycles. The molecule has 18 heavy (non-hydrogen) atoms. The smallest absolute Gasteiger partial charge is 0.395 e. The zero-order chi connectivity index (χ0) is 13.2. The average molecular weight is 293 g/mol. The first-order valence-electron chi connectivity index (χ1n) is 5.03. The fourth-order valence-electron chi connectivity index (χ4n) is 1.46. The van der Waals surface area contributed by atoms with E-state index in [1.807, 2.05) is 6.07 Å². The molecular weight excluding hydrogens is 283 g/mol. The van der Waals surface area contributed by atoms with Gasteiger partial charge < -0.3 is 11.1 Å². The van der Waals surface area contributed by atoms with Crippen LogP contribution in [0.25, 0.3) is 10.2 Å². The van der Waals surface area contributed by atoms with Crippen LogP contribution in [0.15, 0.2) is 17.6 Å². The lowest BCUT2D eigenvalue weighted by molar-refractivity contribution is -0.0327. The summed E-state index contributed by atoms with van der Waals surface area (Å²) in [6.07, 6.45) is 0. The summed E-state index contributed by atoms with van der Waals surface area (Å²) >= 11 is 1.42. The molecule has 8 heteroatoms. The Balaban J connectivity index is 1.97. The molecule has 1 aromatic carbocycles. The topological polar surface area (TPSA) is 50.9 Å². The molecule has 1 heterocycles. The monoisotopic (exact) mass is 293 g/mol. The Morgan fingerprint density at radius 1 is 1.39 bits per heavy atom. The van der Waals surface area contributed by atoms with Gasteiger partial charge in [-0.25, -0.2) is 4.98 Å². The number of thioether (sulfide) groups is 1. The molecule has 2 aromatic rings. The lowest BCUT2D eigenvalue weighted by atomic mass is 10.2. The Morgan fingerprint density at radius 2 is 2.17 bits per heavy atom. The lowest BCUT2D eigenvalue weighted by Crippen LogP contribution is -2.10. The summed E-state index contributed by atoms with van der Waals surface area (Å²) in [5.74, 6) is -0.0575. The zero-order valence-corrected chi connectivity index (χ0v) is 10.8. The standard InChI is InChI=1S/C10H10F3N3S2/c11-10(12,13)18-4-3-15-6-1-2-7-9(8(6)14)16-5-17-7/h1-2,5,15H,3-4,14H2. The molecule has 3 N–H and O–H groups in total. The van der Waals surface area contributed by atoms with Crippen LogP contribution in [-0.4, -0.2) is 22.8 Å². The fraction of sp³-hybridized carbons (Fsp3) is 0.300. The lowest BCUT2D eigenvalue weighted by Gasteiger charge is -2.10. The molecule has 0 amide bonds. The van der Waals surface area contributed by atoms with Crippen LogP contribution in [0.1, 0.15) is 0 Å². The molecule has 0 radical (unpaired) electrons. The van der Waals surface area contributed by atoms with Crippen molar-refractivity contribution >= 4 is 44.7 Å². The van der Waals surface area contributed by atoms with Gasteiger partial charge in [0.15, 0.2) is 0 Å². The number of hydrogen-bond acceptors (Lipinski definition) is 5. The molecule has 1 aromatic heterocycles. The summed E-state index contributed by atoms with van der Waals surface area (Å²) in [6, 6.07) is 3.61. The maximum absolute atomic E-state index is 11.9. The maximum atomic E-state index is 11.9. The number of aromatic nitrogens is 1. The van der Waals surface area contributed by atoms with Crippen LogP contribution in [-0.2, 0) is 0 Å². The van der Waals surface area contributed by atoms with Crippen LogP contribution >= 0.6 is 23.1 Å². The van der Waals surface area contributed by atoms with Crippen molar-refractivity contribution in [1.29, 1.82) is 0 Å².